The van der Waals surface area contributed by atoms with E-state index in [0.29, 0.717) is 0 Å². The van der Waals surface area contributed by atoms with Gasteiger partial charge in [0.25, 0.3) is 0 Å². The number of carbonyl (C=O) groups excluding carboxylic acids is 3. The Balaban J connectivity index is 2.30. The Morgan fingerprint density at radius 2 is 1.58 bits per heavy atom. The van der Waals surface area contributed by atoms with E-state index in [2.05, 4.69) is 15.9 Å². The lowest BCUT2D eigenvalue weighted by atomic mass is 9.99. The molecule has 0 radical (unpaired) electrons. The monoisotopic (exact) mass is 430 g/mol. The van der Waals surface area contributed by atoms with Crippen molar-refractivity contribution in [2.24, 2.45) is 0 Å². The molecule has 1 heterocycles. The zero-order valence-electron chi connectivity index (χ0n) is 14.2. The number of hydrogen-bond acceptors (Lipinski definition) is 8. The van der Waals surface area contributed by atoms with Crippen LogP contribution in [0.25, 0.3) is 0 Å². The Bertz CT molecular complexity index is 649. The van der Waals surface area contributed by atoms with Gasteiger partial charge in [0.2, 0.25) is 0 Å². The molecule has 1 aliphatic rings. The summed E-state index contributed by atoms with van der Waals surface area (Å²) in [6.45, 7) is 2.30. The Hall–Kier alpha value is -1.97. The number of aliphatic hydroxyl groups is 1. The third-order valence-electron chi connectivity index (χ3n) is 3.62. The van der Waals surface area contributed by atoms with Gasteiger partial charge < -0.3 is 24.1 Å². The lowest BCUT2D eigenvalue weighted by Gasteiger charge is -2.42. The first-order valence-corrected chi connectivity index (χ1v) is 8.95. The third kappa shape index (κ3) is 5.03. The molecule has 1 aromatic carbocycles. The molecule has 0 bridgehead atoms. The van der Waals surface area contributed by atoms with Crippen LogP contribution in [0.15, 0.2) is 30.3 Å². The molecule has 0 amide bonds. The number of esters is 3. The highest BCUT2D eigenvalue weighted by molar-refractivity contribution is 9.09. The smallest absolute Gasteiger partial charge is 0.338 e. The first-order chi connectivity index (χ1) is 12.3. The third-order valence-corrected chi connectivity index (χ3v) is 4.26. The molecule has 0 saturated carbocycles. The molecule has 1 aromatic rings. The van der Waals surface area contributed by atoms with Crippen LogP contribution in [-0.4, -0.2) is 59.1 Å². The van der Waals surface area contributed by atoms with Crippen LogP contribution in [0, 0.1) is 0 Å². The summed E-state index contributed by atoms with van der Waals surface area (Å²) in [4.78, 5) is 35.3. The van der Waals surface area contributed by atoms with E-state index in [1.54, 1.807) is 30.3 Å². The molecule has 5 atom stereocenters. The van der Waals surface area contributed by atoms with Gasteiger partial charge in [0.05, 0.1) is 5.56 Å². The summed E-state index contributed by atoms with van der Waals surface area (Å²) in [6.07, 6.45) is -6.03. The number of alkyl halides is 1. The number of carbonyl (C=O) groups is 3. The van der Waals surface area contributed by atoms with Gasteiger partial charge in [-0.1, -0.05) is 34.1 Å². The molecule has 8 nitrogen and oxygen atoms in total. The maximum absolute atomic E-state index is 12.4. The Kier molecular flexibility index (Phi) is 7.13. The molecule has 0 unspecified atom stereocenters. The number of hydrogen-bond donors (Lipinski definition) is 1. The van der Waals surface area contributed by atoms with E-state index in [4.69, 9.17) is 18.9 Å². The van der Waals surface area contributed by atoms with Crippen LogP contribution in [0.3, 0.4) is 0 Å². The predicted octanol–water partition coefficient (Wildman–Crippen LogP) is 1.19. The van der Waals surface area contributed by atoms with Gasteiger partial charge in [0.1, 0.15) is 6.10 Å². The van der Waals surface area contributed by atoms with Crippen LogP contribution in [0.4, 0.5) is 0 Å². The minimum atomic E-state index is -1.54. The van der Waals surface area contributed by atoms with Crippen LogP contribution in [-0.2, 0) is 28.5 Å². The molecule has 1 fully saturated rings. The van der Waals surface area contributed by atoms with E-state index in [0.717, 1.165) is 13.8 Å². The van der Waals surface area contributed by atoms with E-state index >= 15 is 0 Å². The summed E-state index contributed by atoms with van der Waals surface area (Å²) >= 11 is 3.21. The van der Waals surface area contributed by atoms with Crippen molar-refractivity contribution in [1.29, 1.82) is 0 Å². The summed E-state index contributed by atoms with van der Waals surface area (Å²) in [6, 6.07) is 8.22. The fourth-order valence-electron chi connectivity index (χ4n) is 2.57. The average molecular weight is 431 g/mol. The lowest BCUT2D eigenvalue weighted by Crippen LogP contribution is -2.61. The van der Waals surface area contributed by atoms with Gasteiger partial charge in [-0.25, -0.2) is 4.79 Å². The van der Waals surface area contributed by atoms with Gasteiger partial charge in [-0.3, -0.25) is 9.59 Å². The highest BCUT2D eigenvalue weighted by Gasteiger charge is 2.51. The summed E-state index contributed by atoms with van der Waals surface area (Å²) in [5, 5.41) is 10.3. The standard InChI is InChI=1S/C17H19BrO8/c1-9(19)23-14-13(26-16(21)11-6-4-3-5-7-11)12(8-18)25-17(22)15(14)24-10(2)20/h3-7,12-15,17,22H,8H2,1-2H3/t12-,13+,14+,15-,17+/m1/s1. The van der Waals surface area contributed by atoms with Gasteiger partial charge >= 0.3 is 17.9 Å². The molecule has 1 N–H and O–H groups in total. The topological polar surface area (TPSA) is 108 Å². The number of aliphatic hydroxyl groups excluding tert-OH is 1. The summed E-state index contributed by atoms with van der Waals surface area (Å²) in [5.74, 6) is -2.06. The van der Waals surface area contributed by atoms with Gasteiger partial charge in [0.15, 0.2) is 24.6 Å². The molecule has 9 heteroatoms. The van der Waals surface area contributed by atoms with Crippen molar-refractivity contribution in [3.8, 4) is 0 Å². The fourth-order valence-corrected chi connectivity index (χ4v) is 3.09. The largest absolute Gasteiger partial charge is 0.454 e. The van der Waals surface area contributed by atoms with Gasteiger partial charge in [-0.05, 0) is 12.1 Å². The van der Waals surface area contributed by atoms with Crippen LogP contribution >= 0.6 is 15.9 Å². The van der Waals surface area contributed by atoms with Crippen LogP contribution in [0.1, 0.15) is 24.2 Å². The van der Waals surface area contributed by atoms with Crippen molar-refractivity contribution in [1.82, 2.24) is 0 Å². The molecule has 0 aliphatic carbocycles. The van der Waals surface area contributed by atoms with E-state index in [1.807, 2.05) is 0 Å². The van der Waals surface area contributed by atoms with E-state index in [9.17, 15) is 19.5 Å². The minimum Gasteiger partial charge on any atom is -0.454 e. The molecule has 142 valence electrons. The van der Waals surface area contributed by atoms with Crippen molar-refractivity contribution in [3.05, 3.63) is 35.9 Å². The second-order valence-electron chi connectivity index (χ2n) is 5.60. The number of halogens is 1. The Labute approximate surface area is 158 Å². The summed E-state index contributed by atoms with van der Waals surface area (Å²) in [5.41, 5.74) is 0.289. The number of ether oxygens (including phenoxy) is 4. The molecule has 1 aliphatic heterocycles. The van der Waals surface area contributed by atoms with E-state index in [-0.39, 0.29) is 10.9 Å². The van der Waals surface area contributed by atoms with Gasteiger partial charge in [-0.2, -0.15) is 0 Å². The second kappa shape index (κ2) is 9.11. The average Bonchev–Trinajstić information content (AvgIpc) is 2.60. The van der Waals surface area contributed by atoms with Crippen molar-refractivity contribution in [2.45, 2.75) is 44.6 Å². The van der Waals surface area contributed by atoms with Crippen LogP contribution in [0.2, 0.25) is 0 Å². The normalized spacial score (nSPS) is 28.1. The highest BCUT2D eigenvalue weighted by Crippen LogP contribution is 2.29. The molecular weight excluding hydrogens is 412 g/mol. The van der Waals surface area contributed by atoms with Gasteiger partial charge in [-0.15, -0.1) is 0 Å². The zero-order valence-corrected chi connectivity index (χ0v) is 15.7. The Morgan fingerprint density at radius 1 is 1.00 bits per heavy atom. The van der Waals surface area contributed by atoms with Crippen molar-refractivity contribution >= 4 is 33.8 Å². The van der Waals surface area contributed by atoms with E-state index < -0.39 is 48.6 Å². The van der Waals surface area contributed by atoms with Crippen LogP contribution < -0.4 is 0 Å². The number of benzene rings is 1. The maximum atomic E-state index is 12.4. The van der Waals surface area contributed by atoms with Gasteiger partial charge in [0, 0.05) is 19.2 Å². The Morgan fingerprint density at radius 3 is 2.12 bits per heavy atom. The first-order valence-electron chi connectivity index (χ1n) is 7.83. The molecule has 2 rings (SSSR count). The molecule has 1 saturated heterocycles. The molecule has 0 aromatic heterocycles. The lowest BCUT2D eigenvalue weighted by molar-refractivity contribution is -0.283. The zero-order chi connectivity index (χ0) is 19.3. The quantitative estimate of drug-likeness (QED) is 0.421. The molecule has 26 heavy (non-hydrogen) atoms. The molecule has 0 spiro atoms. The van der Waals surface area contributed by atoms with Crippen molar-refractivity contribution < 1.29 is 38.4 Å². The summed E-state index contributed by atoms with van der Waals surface area (Å²) < 4.78 is 21.1. The number of rotatable bonds is 5. The first kappa shape index (κ1) is 20.3. The fraction of sp³-hybridized carbons (Fsp3) is 0.471. The molecular formula is C17H19BrO8. The summed E-state index contributed by atoms with van der Waals surface area (Å²) in [7, 11) is 0. The maximum Gasteiger partial charge on any atom is 0.338 e. The van der Waals surface area contributed by atoms with Crippen LogP contribution in [0.5, 0.6) is 0 Å². The minimum absolute atomic E-state index is 0.182. The van der Waals surface area contributed by atoms with E-state index in [1.165, 1.54) is 0 Å². The second-order valence-corrected chi connectivity index (χ2v) is 6.25. The van der Waals surface area contributed by atoms with Crippen molar-refractivity contribution in [3.63, 3.8) is 0 Å². The predicted molar refractivity (Wildman–Crippen MR) is 91.4 cm³/mol. The SMILES string of the molecule is CC(=O)O[C@@H]1[C@@H](OC(C)=O)[C@@H](O)O[C@H](CBr)[C@@H]1OC(=O)c1ccccc1. The van der Waals surface area contributed by atoms with Crippen molar-refractivity contribution in [2.75, 3.05) is 5.33 Å². The highest BCUT2D eigenvalue weighted by atomic mass is 79.9.